The van der Waals surface area contributed by atoms with E-state index in [1.807, 2.05) is 25.1 Å². The van der Waals surface area contributed by atoms with Crippen molar-refractivity contribution in [1.82, 2.24) is 5.32 Å². The molecule has 0 spiro atoms. The molecule has 3 heteroatoms. The Balaban J connectivity index is 2.15. The van der Waals surface area contributed by atoms with Crippen molar-refractivity contribution in [3.8, 4) is 16.9 Å². The fourth-order valence-corrected chi connectivity index (χ4v) is 1.93. The van der Waals surface area contributed by atoms with Gasteiger partial charge in [0, 0.05) is 11.6 Å². The predicted molar refractivity (Wildman–Crippen MR) is 77.3 cm³/mol. The first-order valence-corrected chi connectivity index (χ1v) is 6.73. The highest BCUT2D eigenvalue weighted by atomic mass is 16.5. The Morgan fingerprint density at radius 2 is 1.89 bits per heavy atom. The zero-order valence-electron chi connectivity index (χ0n) is 11.8. The Hall–Kier alpha value is -1.74. The Kier molecular flexibility index (Phi) is 4.63. The minimum atomic E-state index is 0.443. The lowest BCUT2D eigenvalue weighted by Crippen LogP contribution is -2.21. The van der Waals surface area contributed by atoms with Crippen LogP contribution in [0.5, 0.6) is 5.75 Å². The van der Waals surface area contributed by atoms with Crippen LogP contribution in [-0.2, 0) is 6.54 Å². The first-order chi connectivity index (χ1) is 9.20. The summed E-state index contributed by atoms with van der Waals surface area (Å²) in [6.07, 6.45) is 1.74. The number of ether oxygens (including phenoxy) is 1. The van der Waals surface area contributed by atoms with Crippen molar-refractivity contribution >= 4 is 0 Å². The number of hydrogen-bond donors (Lipinski definition) is 1. The van der Waals surface area contributed by atoms with E-state index >= 15 is 0 Å². The van der Waals surface area contributed by atoms with Crippen LogP contribution in [-0.4, -0.2) is 12.6 Å². The van der Waals surface area contributed by atoms with Gasteiger partial charge in [-0.25, -0.2) is 0 Å². The van der Waals surface area contributed by atoms with Gasteiger partial charge in [0.2, 0.25) is 0 Å². The molecule has 0 saturated heterocycles. The van der Waals surface area contributed by atoms with Gasteiger partial charge in [0.15, 0.2) is 0 Å². The number of nitrogens with one attached hydrogen (secondary N) is 1. The van der Waals surface area contributed by atoms with E-state index in [1.165, 1.54) is 0 Å². The predicted octanol–water partition coefficient (Wildman–Crippen LogP) is 3.84. The molecule has 0 bridgehead atoms. The van der Waals surface area contributed by atoms with Crippen LogP contribution >= 0.6 is 0 Å². The molecule has 1 heterocycles. The summed E-state index contributed by atoms with van der Waals surface area (Å²) in [7, 11) is 0. The van der Waals surface area contributed by atoms with Gasteiger partial charge in [-0.2, -0.15) is 0 Å². The van der Waals surface area contributed by atoms with Gasteiger partial charge in [0.05, 0.1) is 19.4 Å². The van der Waals surface area contributed by atoms with Crippen molar-refractivity contribution < 1.29 is 9.15 Å². The molecule has 0 aliphatic rings. The molecule has 0 amide bonds. The summed E-state index contributed by atoms with van der Waals surface area (Å²) in [6.45, 7) is 7.67. The molecule has 1 N–H and O–H groups in total. The van der Waals surface area contributed by atoms with Crippen molar-refractivity contribution in [1.29, 1.82) is 0 Å². The molecule has 2 aromatic rings. The van der Waals surface area contributed by atoms with E-state index in [4.69, 9.17) is 9.15 Å². The highest BCUT2D eigenvalue weighted by molar-refractivity contribution is 5.66. The smallest absolute Gasteiger partial charge is 0.125 e. The summed E-state index contributed by atoms with van der Waals surface area (Å²) in [5.74, 6) is 1.87. The van der Waals surface area contributed by atoms with Crippen molar-refractivity contribution in [2.24, 2.45) is 0 Å². The molecule has 102 valence electrons. The monoisotopic (exact) mass is 259 g/mol. The van der Waals surface area contributed by atoms with Crippen LogP contribution in [0.1, 0.15) is 26.5 Å². The molecule has 0 fully saturated rings. The summed E-state index contributed by atoms with van der Waals surface area (Å²) in [5.41, 5.74) is 2.29. The Labute approximate surface area is 114 Å². The third kappa shape index (κ3) is 3.61. The molecular weight excluding hydrogens is 238 g/mol. The minimum absolute atomic E-state index is 0.443. The average Bonchev–Trinajstić information content (AvgIpc) is 2.86. The summed E-state index contributed by atoms with van der Waals surface area (Å²) in [5, 5.41) is 3.37. The zero-order valence-corrected chi connectivity index (χ0v) is 11.8. The minimum Gasteiger partial charge on any atom is -0.494 e. The van der Waals surface area contributed by atoms with E-state index in [0.717, 1.165) is 29.2 Å². The van der Waals surface area contributed by atoms with Gasteiger partial charge in [-0.05, 0) is 30.7 Å². The summed E-state index contributed by atoms with van der Waals surface area (Å²) >= 11 is 0. The second-order valence-electron chi connectivity index (χ2n) is 4.75. The summed E-state index contributed by atoms with van der Waals surface area (Å²) < 4.78 is 11.0. The summed E-state index contributed by atoms with van der Waals surface area (Å²) in [6, 6.07) is 10.6. The average molecular weight is 259 g/mol. The van der Waals surface area contributed by atoms with E-state index in [-0.39, 0.29) is 0 Å². The van der Waals surface area contributed by atoms with Gasteiger partial charge in [0.25, 0.3) is 0 Å². The van der Waals surface area contributed by atoms with Gasteiger partial charge in [-0.3, -0.25) is 0 Å². The topological polar surface area (TPSA) is 34.4 Å². The van der Waals surface area contributed by atoms with Gasteiger partial charge in [0.1, 0.15) is 11.5 Å². The maximum Gasteiger partial charge on any atom is 0.125 e. The normalized spacial score (nSPS) is 10.9. The zero-order chi connectivity index (χ0) is 13.7. The third-order valence-corrected chi connectivity index (χ3v) is 2.89. The van der Waals surface area contributed by atoms with Crippen LogP contribution in [0.25, 0.3) is 11.1 Å². The number of furan rings is 1. The van der Waals surface area contributed by atoms with Crippen molar-refractivity contribution in [2.75, 3.05) is 6.61 Å². The van der Waals surface area contributed by atoms with Crippen LogP contribution < -0.4 is 10.1 Å². The van der Waals surface area contributed by atoms with Crippen LogP contribution in [0.2, 0.25) is 0 Å². The van der Waals surface area contributed by atoms with E-state index in [2.05, 4.69) is 31.3 Å². The quantitative estimate of drug-likeness (QED) is 0.855. The molecule has 1 aromatic heterocycles. The Morgan fingerprint density at radius 3 is 2.53 bits per heavy atom. The standard InChI is InChI=1S/C16H21NO2/c1-4-18-14-7-5-13(6-8-14)15-9-10-19-16(15)11-17-12(2)3/h5-10,12,17H,4,11H2,1-3H3. The maximum atomic E-state index is 5.55. The van der Waals surface area contributed by atoms with Gasteiger partial charge in [-0.1, -0.05) is 26.0 Å². The second-order valence-corrected chi connectivity index (χ2v) is 4.75. The van der Waals surface area contributed by atoms with E-state index in [9.17, 15) is 0 Å². The van der Waals surface area contributed by atoms with Gasteiger partial charge < -0.3 is 14.5 Å². The Bertz CT molecular complexity index is 500. The fourth-order valence-electron chi connectivity index (χ4n) is 1.93. The SMILES string of the molecule is CCOc1ccc(-c2ccoc2CNC(C)C)cc1. The lowest BCUT2D eigenvalue weighted by molar-refractivity contribution is 0.340. The fraction of sp³-hybridized carbons (Fsp3) is 0.375. The molecule has 0 unspecified atom stereocenters. The van der Waals surface area contributed by atoms with Crippen molar-refractivity contribution in [3.05, 3.63) is 42.4 Å². The van der Waals surface area contributed by atoms with Crippen LogP contribution in [0.3, 0.4) is 0 Å². The molecule has 0 radical (unpaired) electrons. The Morgan fingerprint density at radius 1 is 1.16 bits per heavy atom. The molecule has 3 nitrogen and oxygen atoms in total. The number of benzene rings is 1. The van der Waals surface area contributed by atoms with Gasteiger partial charge in [-0.15, -0.1) is 0 Å². The largest absolute Gasteiger partial charge is 0.494 e. The van der Waals surface area contributed by atoms with Gasteiger partial charge >= 0.3 is 0 Å². The maximum absolute atomic E-state index is 5.55. The molecule has 2 rings (SSSR count). The van der Waals surface area contributed by atoms with Crippen molar-refractivity contribution in [3.63, 3.8) is 0 Å². The van der Waals surface area contributed by atoms with E-state index in [0.29, 0.717) is 12.6 Å². The highest BCUT2D eigenvalue weighted by Gasteiger charge is 2.09. The van der Waals surface area contributed by atoms with Crippen molar-refractivity contribution in [2.45, 2.75) is 33.4 Å². The number of rotatable bonds is 6. The molecular formula is C16H21NO2. The van der Waals surface area contributed by atoms with Crippen LogP contribution in [0.15, 0.2) is 41.0 Å². The van der Waals surface area contributed by atoms with Crippen LogP contribution in [0.4, 0.5) is 0 Å². The molecule has 0 aliphatic heterocycles. The van der Waals surface area contributed by atoms with E-state index < -0.39 is 0 Å². The summed E-state index contributed by atoms with van der Waals surface area (Å²) in [4.78, 5) is 0. The molecule has 19 heavy (non-hydrogen) atoms. The molecule has 1 aromatic carbocycles. The third-order valence-electron chi connectivity index (χ3n) is 2.89. The highest BCUT2D eigenvalue weighted by Crippen LogP contribution is 2.26. The first kappa shape index (κ1) is 13.7. The lowest BCUT2D eigenvalue weighted by atomic mass is 10.1. The lowest BCUT2D eigenvalue weighted by Gasteiger charge is -2.08. The molecule has 0 aliphatic carbocycles. The van der Waals surface area contributed by atoms with Crippen LogP contribution in [0, 0.1) is 0 Å². The molecule has 0 saturated carbocycles. The second kappa shape index (κ2) is 6.43. The number of hydrogen-bond acceptors (Lipinski definition) is 3. The molecule has 0 atom stereocenters. The van der Waals surface area contributed by atoms with E-state index in [1.54, 1.807) is 6.26 Å². The first-order valence-electron chi connectivity index (χ1n) is 6.73.